The molecule has 80 valence electrons. The first-order valence-electron chi connectivity index (χ1n) is 4.54. The Morgan fingerprint density at radius 2 is 1.73 bits per heavy atom. The molecule has 0 aliphatic carbocycles. The third-order valence-corrected chi connectivity index (χ3v) is 1.92. The predicted octanol–water partition coefficient (Wildman–Crippen LogP) is 0.418. The van der Waals surface area contributed by atoms with Gasteiger partial charge >= 0.3 is 5.97 Å². The molecule has 0 saturated heterocycles. The third kappa shape index (κ3) is 3.91. The van der Waals surface area contributed by atoms with E-state index in [0.717, 1.165) is 5.56 Å². The number of aliphatic hydroxyl groups excluding tert-OH is 1. The number of ketones is 1. The maximum absolute atomic E-state index is 10.9. The Labute approximate surface area is 87.2 Å². The second-order valence-corrected chi connectivity index (χ2v) is 3.26. The molecule has 0 radical (unpaired) electrons. The van der Waals surface area contributed by atoms with Crippen LogP contribution in [0.4, 0.5) is 0 Å². The molecule has 0 aromatic heterocycles. The number of aliphatic hydroxyl groups is 1. The molecule has 0 unspecified atom stereocenters. The molecule has 1 rings (SSSR count). The second kappa shape index (κ2) is 5.26. The summed E-state index contributed by atoms with van der Waals surface area (Å²) in [7, 11) is 0. The lowest BCUT2D eigenvalue weighted by Crippen LogP contribution is -2.08. The van der Waals surface area contributed by atoms with E-state index in [2.05, 4.69) is 0 Å². The predicted molar refractivity (Wildman–Crippen MR) is 53.6 cm³/mol. The molecule has 4 heteroatoms. The fraction of sp³-hybridized carbons (Fsp3) is 0.273. The quantitative estimate of drug-likeness (QED) is 0.735. The van der Waals surface area contributed by atoms with Crippen molar-refractivity contribution in [2.24, 2.45) is 0 Å². The van der Waals surface area contributed by atoms with Gasteiger partial charge in [-0.1, -0.05) is 24.3 Å². The minimum atomic E-state index is -0.902. The van der Waals surface area contributed by atoms with E-state index in [4.69, 9.17) is 10.2 Å². The van der Waals surface area contributed by atoms with Crippen molar-refractivity contribution in [1.29, 1.82) is 0 Å². The fourth-order valence-corrected chi connectivity index (χ4v) is 1.31. The minimum Gasteiger partial charge on any atom is -0.481 e. The van der Waals surface area contributed by atoms with Crippen molar-refractivity contribution < 1.29 is 19.8 Å². The van der Waals surface area contributed by atoms with Gasteiger partial charge in [0.1, 0.15) is 6.61 Å². The van der Waals surface area contributed by atoms with Gasteiger partial charge in [0.2, 0.25) is 0 Å². The Bertz CT molecular complexity index is 371. The smallest absolute Gasteiger partial charge is 0.307 e. The van der Waals surface area contributed by atoms with Crippen molar-refractivity contribution in [2.75, 3.05) is 6.61 Å². The van der Waals surface area contributed by atoms with Crippen LogP contribution in [0.15, 0.2) is 24.3 Å². The van der Waals surface area contributed by atoms with Crippen LogP contribution in [0.3, 0.4) is 0 Å². The molecular formula is C11H12O4. The maximum Gasteiger partial charge on any atom is 0.307 e. The lowest BCUT2D eigenvalue weighted by molar-refractivity contribution is -0.136. The zero-order valence-corrected chi connectivity index (χ0v) is 8.14. The molecule has 0 aliphatic heterocycles. The highest BCUT2D eigenvalue weighted by atomic mass is 16.4. The molecule has 4 nitrogen and oxygen atoms in total. The third-order valence-electron chi connectivity index (χ3n) is 1.92. The van der Waals surface area contributed by atoms with E-state index in [0.29, 0.717) is 5.56 Å². The van der Waals surface area contributed by atoms with Gasteiger partial charge in [-0.2, -0.15) is 0 Å². The average Bonchev–Trinajstić information content (AvgIpc) is 2.17. The highest BCUT2D eigenvalue weighted by Gasteiger charge is 2.04. The molecular weight excluding hydrogens is 196 g/mol. The number of aliphatic carboxylic acids is 1. The monoisotopic (exact) mass is 208 g/mol. The number of carbonyl (C=O) groups is 2. The molecule has 1 aromatic rings. The Morgan fingerprint density at radius 1 is 1.13 bits per heavy atom. The van der Waals surface area contributed by atoms with E-state index < -0.39 is 12.6 Å². The fourth-order valence-electron chi connectivity index (χ4n) is 1.31. The lowest BCUT2D eigenvalue weighted by Gasteiger charge is -2.01. The number of Topliss-reactive ketones (excluding diaryl/α,β-unsaturated/α-hetero) is 1. The van der Waals surface area contributed by atoms with Crippen LogP contribution >= 0.6 is 0 Å². The van der Waals surface area contributed by atoms with Crippen molar-refractivity contribution in [1.82, 2.24) is 0 Å². The van der Waals surface area contributed by atoms with Crippen LogP contribution in [0.1, 0.15) is 11.1 Å². The van der Waals surface area contributed by atoms with E-state index in [1.54, 1.807) is 24.3 Å². The van der Waals surface area contributed by atoms with Gasteiger partial charge in [-0.05, 0) is 11.1 Å². The Kier molecular flexibility index (Phi) is 4.00. The molecule has 0 aliphatic rings. The molecule has 0 saturated carbocycles. The zero-order valence-electron chi connectivity index (χ0n) is 8.14. The summed E-state index contributed by atoms with van der Waals surface area (Å²) in [6.45, 7) is -0.483. The Balaban J connectivity index is 2.74. The van der Waals surface area contributed by atoms with Crippen LogP contribution in [-0.4, -0.2) is 28.6 Å². The highest BCUT2D eigenvalue weighted by molar-refractivity contribution is 5.81. The topological polar surface area (TPSA) is 74.6 Å². The summed E-state index contributed by atoms with van der Waals surface area (Å²) in [6.07, 6.45) is 0.0884. The summed E-state index contributed by atoms with van der Waals surface area (Å²) >= 11 is 0. The lowest BCUT2D eigenvalue weighted by atomic mass is 10.0. The number of rotatable bonds is 5. The van der Waals surface area contributed by atoms with Crippen molar-refractivity contribution >= 4 is 11.8 Å². The molecule has 0 spiro atoms. The van der Waals surface area contributed by atoms with Crippen molar-refractivity contribution in [3.05, 3.63) is 35.4 Å². The second-order valence-electron chi connectivity index (χ2n) is 3.26. The van der Waals surface area contributed by atoms with Crippen LogP contribution in [0, 0.1) is 0 Å². The van der Waals surface area contributed by atoms with Gasteiger partial charge < -0.3 is 10.2 Å². The molecule has 0 atom stereocenters. The van der Waals surface area contributed by atoms with E-state index in [9.17, 15) is 9.59 Å². The number of hydrogen-bond acceptors (Lipinski definition) is 3. The largest absolute Gasteiger partial charge is 0.481 e. The van der Waals surface area contributed by atoms with E-state index in [-0.39, 0.29) is 18.6 Å². The van der Waals surface area contributed by atoms with Gasteiger partial charge in [-0.25, -0.2) is 0 Å². The van der Waals surface area contributed by atoms with Crippen LogP contribution in [0.2, 0.25) is 0 Å². The summed E-state index contributed by atoms with van der Waals surface area (Å²) in [5, 5.41) is 17.1. The molecule has 0 bridgehead atoms. The summed E-state index contributed by atoms with van der Waals surface area (Å²) < 4.78 is 0. The van der Waals surface area contributed by atoms with Gasteiger partial charge in [-0.15, -0.1) is 0 Å². The normalized spacial score (nSPS) is 9.93. The first-order valence-corrected chi connectivity index (χ1v) is 4.54. The van der Waals surface area contributed by atoms with Crippen molar-refractivity contribution in [3.63, 3.8) is 0 Å². The van der Waals surface area contributed by atoms with Crippen molar-refractivity contribution in [2.45, 2.75) is 12.8 Å². The number of carboxylic acids is 1. The molecule has 0 heterocycles. The number of benzene rings is 1. The summed E-state index contributed by atoms with van der Waals surface area (Å²) in [4.78, 5) is 21.4. The van der Waals surface area contributed by atoms with Crippen LogP contribution in [-0.2, 0) is 22.4 Å². The van der Waals surface area contributed by atoms with E-state index >= 15 is 0 Å². The molecule has 15 heavy (non-hydrogen) atoms. The van der Waals surface area contributed by atoms with Crippen molar-refractivity contribution in [3.8, 4) is 0 Å². The molecule has 2 N–H and O–H groups in total. The van der Waals surface area contributed by atoms with Gasteiger partial charge in [0.15, 0.2) is 5.78 Å². The van der Waals surface area contributed by atoms with Gasteiger partial charge in [0, 0.05) is 6.42 Å². The zero-order chi connectivity index (χ0) is 11.3. The summed E-state index contributed by atoms with van der Waals surface area (Å²) in [6, 6.07) is 6.81. The Hall–Kier alpha value is -1.68. The molecule has 0 fully saturated rings. The summed E-state index contributed by atoms with van der Waals surface area (Å²) in [5.74, 6) is -1.18. The van der Waals surface area contributed by atoms with Gasteiger partial charge in [0.25, 0.3) is 0 Å². The highest BCUT2D eigenvalue weighted by Crippen LogP contribution is 2.07. The van der Waals surface area contributed by atoms with E-state index in [1.165, 1.54) is 0 Å². The minimum absolute atomic E-state index is 0.0544. The maximum atomic E-state index is 10.9. The number of hydrogen-bond donors (Lipinski definition) is 2. The van der Waals surface area contributed by atoms with E-state index in [1.807, 2.05) is 0 Å². The summed E-state index contributed by atoms with van der Waals surface area (Å²) in [5.41, 5.74) is 1.39. The van der Waals surface area contributed by atoms with Gasteiger partial charge in [0.05, 0.1) is 6.42 Å². The Morgan fingerprint density at radius 3 is 2.27 bits per heavy atom. The van der Waals surface area contributed by atoms with Gasteiger partial charge in [-0.3, -0.25) is 9.59 Å². The van der Waals surface area contributed by atoms with Crippen LogP contribution < -0.4 is 0 Å². The molecule has 1 aromatic carbocycles. The first kappa shape index (κ1) is 11.4. The number of carboxylic acid groups (broad SMARTS) is 1. The first-order chi connectivity index (χ1) is 7.11. The average molecular weight is 208 g/mol. The molecule has 0 amide bonds. The standard InChI is InChI=1S/C11H12O4/c12-7-10(13)5-8-2-1-3-9(4-8)6-11(14)15/h1-4,12H,5-7H2,(H,14,15). The SMILES string of the molecule is O=C(O)Cc1cccc(CC(=O)CO)c1. The van der Waals surface area contributed by atoms with Crippen LogP contribution in [0.5, 0.6) is 0 Å². The number of carbonyl (C=O) groups excluding carboxylic acids is 1. The van der Waals surface area contributed by atoms with Crippen LogP contribution in [0.25, 0.3) is 0 Å².